The Bertz CT molecular complexity index is 1250. The summed E-state index contributed by atoms with van der Waals surface area (Å²) in [7, 11) is -2.27. The van der Waals surface area contributed by atoms with Gasteiger partial charge in [-0.15, -0.1) is 0 Å². The maximum absolute atomic E-state index is 12.3. The fourth-order valence-electron chi connectivity index (χ4n) is 3.40. The van der Waals surface area contributed by atoms with Gasteiger partial charge in [0.05, 0.1) is 29.5 Å². The Morgan fingerprint density at radius 2 is 1.79 bits per heavy atom. The van der Waals surface area contributed by atoms with Crippen LogP contribution in [0.25, 0.3) is 11.0 Å². The highest BCUT2D eigenvalue weighted by Crippen LogP contribution is 2.21. The van der Waals surface area contributed by atoms with E-state index in [1.165, 1.54) is 12.1 Å². The first-order valence-electron chi connectivity index (χ1n) is 10.4. The molecule has 0 aliphatic carbocycles. The van der Waals surface area contributed by atoms with Gasteiger partial charge in [-0.3, -0.25) is 20.4 Å². The van der Waals surface area contributed by atoms with Crippen molar-refractivity contribution in [3.8, 4) is 5.75 Å². The fraction of sp³-hybridized carbons (Fsp3) is 0.318. The summed E-state index contributed by atoms with van der Waals surface area (Å²) in [5.74, 6) is 0.640. The second kappa shape index (κ2) is 10.5. The number of nitrogens with one attached hydrogen (secondary N) is 2. The summed E-state index contributed by atoms with van der Waals surface area (Å²) in [6.07, 6.45) is 1.36. The van der Waals surface area contributed by atoms with Crippen molar-refractivity contribution >= 4 is 32.9 Å². The van der Waals surface area contributed by atoms with Gasteiger partial charge in [0.15, 0.2) is 0 Å². The van der Waals surface area contributed by atoms with E-state index >= 15 is 0 Å². The zero-order valence-corrected chi connectivity index (χ0v) is 19.3. The Hall–Kier alpha value is -3.44. The number of ether oxygens (including phenoxy) is 1. The number of amides is 2. The van der Waals surface area contributed by atoms with Gasteiger partial charge < -0.3 is 9.30 Å². The lowest BCUT2D eigenvalue weighted by molar-refractivity contribution is -0.128. The Morgan fingerprint density at radius 1 is 1.09 bits per heavy atom. The molecule has 0 saturated heterocycles. The Balaban J connectivity index is 1.59. The molecule has 0 aliphatic heterocycles. The SMILES string of the molecule is CCCn1c(CCC(=O)NNC(=O)Cc2ccc(OC)cc2)nc2cc(S(N)(=O)=O)ccc21. The highest BCUT2D eigenvalue weighted by atomic mass is 32.2. The minimum Gasteiger partial charge on any atom is -0.497 e. The summed E-state index contributed by atoms with van der Waals surface area (Å²) in [6, 6.07) is 11.6. The van der Waals surface area contributed by atoms with Crippen LogP contribution >= 0.6 is 0 Å². The number of rotatable bonds is 9. The number of benzene rings is 2. The Labute approximate surface area is 192 Å². The fourth-order valence-corrected chi connectivity index (χ4v) is 3.93. The number of carbonyl (C=O) groups is 2. The molecule has 0 spiro atoms. The maximum atomic E-state index is 12.3. The van der Waals surface area contributed by atoms with Crippen molar-refractivity contribution in [2.75, 3.05) is 7.11 Å². The molecule has 176 valence electrons. The second-order valence-corrected chi connectivity index (χ2v) is 9.06. The highest BCUT2D eigenvalue weighted by molar-refractivity contribution is 7.89. The third-order valence-electron chi connectivity index (χ3n) is 5.02. The number of primary sulfonamides is 1. The van der Waals surface area contributed by atoms with Crippen LogP contribution in [0, 0.1) is 0 Å². The van der Waals surface area contributed by atoms with Crippen molar-refractivity contribution in [3.63, 3.8) is 0 Å². The molecule has 1 heterocycles. The number of aromatic nitrogens is 2. The van der Waals surface area contributed by atoms with E-state index in [4.69, 9.17) is 9.88 Å². The number of fused-ring (bicyclic) bond motifs is 1. The summed E-state index contributed by atoms with van der Waals surface area (Å²) in [5.41, 5.74) is 6.88. The van der Waals surface area contributed by atoms with E-state index in [0.717, 1.165) is 17.5 Å². The lowest BCUT2D eigenvalue weighted by Crippen LogP contribution is -2.42. The van der Waals surface area contributed by atoms with Gasteiger partial charge in [-0.05, 0) is 42.3 Å². The molecule has 0 saturated carbocycles. The van der Waals surface area contributed by atoms with E-state index in [0.29, 0.717) is 30.1 Å². The number of carbonyl (C=O) groups excluding carboxylic acids is 2. The largest absolute Gasteiger partial charge is 0.497 e. The minimum absolute atomic E-state index is 0.0139. The lowest BCUT2D eigenvalue weighted by atomic mass is 10.1. The molecule has 11 heteroatoms. The standard InChI is InChI=1S/C22H27N5O5S/c1-3-12-27-19-9-8-17(33(23,30)31)14-18(19)24-20(27)10-11-21(28)25-26-22(29)13-15-4-6-16(32-2)7-5-15/h4-9,14H,3,10-13H2,1-2H3,(H,25,28)(H,26,29)(H2,23,30,31). The van der Waals surface area contributed by atoms with Gasteiger partial charge in [0.2, 0.25) is 21.8 Å². The number of methoxy groups -OCH3 is 1. The topological polar surface area (TPSA) is 145 Å². The van der Waals surface area contributed by atoms with Crippen LogP contribution in [0.3, 0.4) is 0 Å². The molecule has 3 aromatic rings. The summed E-state index contributed by atoms with van der Waals surface area (Å²) in [6.45, 7) is 2.68. The molecular weight excluding hydrogens is 446 g/mol. The van der Waals surface area contributed by atoms with Crippen LogP contribution in [-0.2, 0) is 39.0 Å². The van der Waals surface area contributed by atoms with Crippen LogP contribution < -0.4 is 20.7 Å². The molecular formula is C22H27N5O5S. The van der Waals surface area contributed by atoms with Crippen LogP contribution in [0.2, 0.25) is 0 Å². The normalized spacial score (nSPS) is 11.4. The smallest absolute Gasteiger partial charge is 0.242 e. The lowest BCUT2D eigenvalue weighted by Gasteiger charge is -2.09. The molecule has 2 aromatic carbocycles. The van der Waals surface area contributed by atoms with Crippen molar-refractivity contribution in [2.24, 2.45) is 5.14 Å². The van der Waals surface area contributed by atoms with Crippen molar-refractivity contribution in [1.29, 1.82) is 0 Å². The molecule has 0 unspecified atom stereocenters. The van der Waals surface area contributed by atoms with E-state index in [-0.39, 0.29) is 29.6 Å². The molecule has 0 radical (unpaired) electrons. The molecule has 0 atom stereocenters. The van der Waals surface area contributed by atoms with Gasteiger partial charge in [-0.1, -0.05) is 19.1 Å². The highest BCUT2D eigenvalue weighted by Gasteiger charge is 2.16. The first-order chi connectivity index (χ1) is 15.7. The predicted octanol–water partition coefficient (Wildman–Crippen LogP) is 1.42. The van der Waals surface area contributed by atoms with Crippen molar-refractivity contribution < 1.29 is 22.7 Å². The first-order valence-corrected chi connectivity index (χ1v) is 12.0. The number of sulfonamides is 1. The molecule has 1 aromatic heterocycles. The van der Waals surface area contributed by atoms with E-state index in [2.05, 4.69) is 15.8 Å². The average molecular weight is 474 g/mol. The molecule has 10 nitrogen and oxygen atoms in total. The molecule has 0 fully saturated rings. The summed E-state index contributed by atoms with van der Waals surface area (Å²) in [4.78, 5) is 28.8. The number of hydrogen-bond donors (Lipinski definition) is 3. The molecule has 4 N–H and O–H groups in total. The van der Waals surface area contributed by atoms with Gasteiger partial charge in [0.25, 0.3) is 0 Å². The third kappa shape index (κ3) is 6.30. The monoisotopic (exact) mass is 473 g/mol. The van der Waals surface area contributed by atoms with E-state index in [1.54, 1.807) is 37.4 Å². The molecule has 2 amide bonds. The number of hydrogen-bond acceptors (Lipinski definition) is 6. The van der Waals surface area contributed by atoms with Gasteiger partial charge in [-0.2, -0.15) is 0 Å². The van der Waals surface area contributed by atoms with E-state index in [1.807, 2.05) is 11.5 Å². The first kappa shape index (κ1) is 24.2. The van der Waals surface area contributed by atoms with Crippen LogP contribution in [-0.4, -0.2) is 36.9 Å². The predicted molar refractivity (Wildman–Crippen MR) is 123 cm³/mol. The number of imidazole rings is 1. The van der Waals surface area contributed by atoms with Crippen LogP contribution in [0.4, 0.5) is 0 Å². The van der Waals surface area contributed by atoms with Crippen LogP contribution in [0.15, 0.2) is 47.4 Å². The third-order valence-corrected chi connectivity index (χ3v) is 5.93. The quantitative estimate of drug-likeness (QED) is 0.401. The second-order valence-electron chi connectivity index (χ2n) is 7.50. The Kier molecular flexibility index (Phi) is 7.67. The van der Waals surface area contributed by atoms with Gasteiger partial charge >= 0.3 is 0 Å². The zero-order valence-electron chi connectivity index (χ0n) is 18.5. The van der Waals surface area contributed by atoms with E-state index in [9.17, 15) is 18.0 Å². The molecule has 0 aliphatic rings. The minimum atomic E-state index is -3.84. The maximum Gasteiger partial charge on any atom is 0.242 e. The van der Waals surface area contributed by atoms with Crippen molar-refractivity contribution in [2.45, 2.75) is 44.0 Å². The van der Waals surface area contributed by atoms with Crippen molar-refractivity contribution in [3.05, 3.63) is 53.9 Å². The van der Waals surface area contributed by atoms with Crippen LogP contribution in [0.5, 0.6) is 5.75 Å². The van der Waals surface area contributed by atoms with E-state index < -0.39 is 10.0 Å². The average Bonchev–Trinajstić information content (AvgIpc) is 3.13. The molecule has 0 bridgehead atoms. The van der Waals surface area contributed by atoms with Gasteiger partial charge in [0.1, 0.15) is 11.6 Å². The van der Waals surface area contributed by atoms with Gasteiger partial charge in [-0.25, -0.2) is 18.5 Å². The summed E-state index contributed by atoms with van der Waals surface area (Å²) < 4.78 is 30.3. The number of aryl methyl sites for hydroxylation is 2. The van der Waals surface area contributed by atoms with Crippen molar-refractivity contribution in [1.82, 2.24) is 20.4 Å². The number of nitrogens with two attached hydrogens (primary N) is 1. The summed E-state index contributed by atoms with van der Waals surface area (Å²) >= 11 is 0. The van der Waals surface area contributed by atoms with Gasteiger partial charge in [0, 0.05) is 19.4 Å². The number of nitrogens with zero attached hydrogens (tertiary/aromatic N) is 2. The molecule has 3 rings (SSSR count). The number of hydrazine groups is 1. The van der Waals surface area contributed by atoms with Crippen LogP contribution in [0.1, 0.15) is 31.2 Å². The zero-order chi connectivity index (χ0) is 24.0. The molecule has 33 heavy (non-hydrogen) atoms. The summed E-state index contributed by atoms with van der Waals surface area (Å²) in [5, 5.41) is 5.21. The Morgan fingerprint density at radius 3 is 2.42 bits per heavy atom.